The van der Waals surface area contributed by atoms with Gasteiger partial charge >= 0.3 is 6.18 Å². The fourth-order valence-electron chi connectivity index (χ4n) is 1.55. The molecule has 0 aliphatic rings. The van der Waals surface area contributed by atoms with Crippen LogP contribution in [-0.2, 0) is 18.4 Å². The fourth-order valence-corrected chi connectivity index (χ4v) is 1.55. The second kappa shape index (κ2) is 4.84. The molecule has 0 fully saturated rings. The Morgan fingerprint density at radius 2 is 1.95 bits per heavy atom. The van der Waals surface area contributed by atoms with Crippen molar-refractivity contribution >= 4 is 5.91 Å². The van der Waals surface area contributed by atoms with Crippen molar-refractivity contribution < 1.29 is 18.0 Å². The van der Waals surface area contributed by atoms with Crippen LogP contribution in [0.1, 0.15) is 23.9 Å². The zero-order chi connectivity index (χ0) is 15.0. The van der Waals surface area contributed by atoms with Crippen LogP contribution in [0.4, 0.5) is 13.2 Å². The molecule has 1 unspecified atom stereocenters. The van der Waals surface area contributed by atoms with Crippen LogP contribution in [0.3, 0.4) is 0 Å². The monoisotopic (exact) mass is 278 g/mol. The summed E-state index contributed by atoms with van der Waals surface area (Å²) in [6, 6.07) is 0. The Kier molecular flexibility index (Phi) is 3.94. The van der Waals surface area contributed by atoms with Crippen LogP contribution >= 0.6 is 0 Å². The molecule has 0 saturated carbocycles. The smallest absolute Gasteiger partial charge is 0.350 e. The number of nitrogens with one attached hydrogen (secondary N) is 1. The van der Waals surface area contributed by atoms with E-state index in [0.717, 1.165) is 5.69 Å². The van der Waals surface area contributed by atoms with Crippen molar-refractivity contribution in [2.24, 2.45) is 12.8 Å². The summed E-state index contributed by atoms with van der Waals surface area (Å²) in [5.74, 6) is -1.26. The van der Waals surface area contributed by atoms with E-state index in [9.17, 15) is 18.0 Å². The molecule has 0 radical (unpaired) electrons. The maximum absolute atomic E-state index is 12.6. The Balaban J connectivity index is 2.80. The van der Waals surface area contributed by atoms with Crippen molar-refractivity contribution in [2.75, 3.05) is 0 Å². The van der Waals surface area contributed by atoms with Gasteiger partial charge in [0.25, 0.3) is 0 Å². The normalized spacial score (nSPS) is 15.2. The first kappa shape index (κ1) is 15.5. The third-order valence-electron chi connectivity index (χ3n) is 3.15. The zero-order valence-electron chi connectivity index (χ0n) is 11.2. The first-order chi connectivity index (χ1) is 8.48. The number of nitrogens with two attached hydrogens (primary N) is 1. The van der Waals surface area contributed by atoms with Crippen molar-refractivity contribution in [1.29, 1.82) is 0 Å². The Bertz CT molecular complexity index is 491. The summed E-state index contributed by atoms with van der Waals surface area (Å²) in [4.78, 5) is 11.5. The molecule has 0 aliphatic heterocycles. The molecule has 1 amide bonds. The molecule has 1 atom stereocenters. The average Bonchev–Trinajstić information content (AvgIpc) is 2.49. The highest BCUT2D eigenvalue weighted by Crippen LogP contribution is 2.28. The minimum absolute atomic E-state index is 0.0345. The predicted molar refractivity (Wildman–Crippen MR) is 63.2 cm³/mol. The molecule has 108 valence electrons. The molecule has 3 N–H and O–H groups in total. The summed E-state index contributed by atoms with van der Waals surface area (Å²) >= 11 is 0. The molecule has 0 aliphatic carbocycles. The van der Waals surface area contributed by atoms with Gasteiger partial charge in [0.2, 0.25) is 5.91 Å². The first-order valence-electron chi connectivity index (χ1n) is 5.61. The Morgan fingerprint density at radius 1 is 1.42 bits per heavy atom. The first-order valence-corrected chi connectivity index (χ1v) is 5.61. The van der Waals surface area contributed by atoms with E-state index in [0.29, 0.717) is 18.2 Å². The van der Waals surface area contributed by atoms with Crippen molar-refractivity contribution in [3.63, 3.8) is 0 Å². The highest BCUT2D eigenvalue weighted by molar-refractivity contribution is 5.86. The van der Waals surface area contributed by atoms with Crippen molar-refractivity contribution in [2.45, 2.75) is 39.0 Å². The van der Waals surface area contributed by atoms with Gasteiger partial charge in [0, 0.05) is 24.8 Å². The van der Waals surface area contributed by atoms with Gasteiger partial charge in [0.15, 0.2) is 5.54 Å². The minimum atomic E-state index is -4.80. The van der Waals surface area contributed by atoms with Gasteiger partial charge in [-0.05, 0) is 20.8 Å². The zero-order valence-corrected chi connectivity index (χ0v) is 11.2. The summed E-state index contributed by atoms with van der Waals surface area (Å²) in [6.07, 6.45) is -4.80. The van der Waals surface area contributed by atoms with E-state index in [-0.39, 0.29) is 6.54 Å². The van der Waals surface area contributed by atoms with Crippen LogP contribution < -0.4 is 11.1 Å². The molecule has 0 spiro atoms. The molecule has 1 heterocycles. The lowest BCUT2D eigenvalue weighted by Gasteiger charge is -2.26. The lowest BCUT2D eigenvalue weighted by Crippen LogP contribution is -2.61. The van der Waals surface area contributed by atoms with Gasteiger partial charge < -0.3 is 11.1 Å². The van der Waals surface area contributed by atoms with E-state index in [1.54, 1.807) is 25.6 Å². The number of amides is 1. The summed E-state index contributed by atoms with van der Waals surface area (Å²) < 4.78 is 39.3. The number of aryl methyl sites for hydroxylation is 2. The maximum Gasteiger partial charge on any atom is 0.415 e. The Hall–Kier alpha value is -1.57. The highest BCUT2D eigenvalue weighted by Gasteiger charge is 2.53. The van der Waals surface area contributed by atoms with Gasteiger partial charge in [-0.25, -0.2) is 0 Å². The molecule has 1 aromatic heterocycles. The van der Waals surface area contributed by atoms with E-state index in [4.69, 9.17) is 5.73 Å². The molecular weight excluding hydrogens is 261 g/mol. The Labute approximate surface area is 109 Å². The van der Waals surface area contributed by atoms with Gasteiger partial charge in [0.1, 0.15) is 0 Å². The summed E-state index contributed by atoms with van der Waals surface area (Å²) in [5.41, 5.74) is 4.25. The molecule has 0 aromatic carbocycles. The largest absolute Gasteiger partial charge is 0.415 e. The molecular formula is C11H17F3N4O. The summed E-state index contributed by atoms with van der Waals surface area (Å²) in [5, 5.41) is 6.31. The topological polar surface area (TPSA) is 72.9 Å². The molecule has 19 heavy (non-hydrogen) atoms. The Morgan fingerprint density at radius 3 is 2.32 bits per heavy atom. The number of hydrogen-bond acceptors (Lipinski definition) is 3. The molecule has 1 aromatic rings. The van der Waals surface area contributed by atoms with E-state index in [1.807, 2.05) is 0 Å². The maximum atomic E-state index is 12.6. The van der Waals surface area contributed by atoms with Gasteiger partial charge in [-0.15, -0.1) is 0 Å². The van der Waals surface area contributed by atoms with E-state index in [2.05, 4.69) is 10.4 Å². The third-order valence-corrected chi connectivity index (χ3v) is 3.15. The van der Waals surface area contributed by atoms with Crippen LogP contribution in [0, 0.1) is 13.8 Å². The van der Waals surface area contributed by atoms with Gasteiger partial charge in [-0.1, -0.05) is 0 Å². The number of alkyl halides is 3. The second-order valence-corrected chi connectivity index (χ2v) is 4.66. The number of aromatic nitrogens is 2. The van der Waals surface area contributed by atoms with Crippen LogP contribution in [0.5, 0.6) is 0 Å². The van der Waals surface area contributed by atoms with E-state index in [1.165, 1.54) is 0 Å². The average molecular weight is 278 g/mol. The van der Waals surface area contributed by atoms with Gasteiger partial charge in [0.05, 0.1) is 5.69 Å². The number of halogens is 3. The third kappa shape index (κ3) is 2.89. The summed E-state index contributed by atoms with van der Waals surface area (Å²) in [6.45, 7) is 4.10. The quantitative estimate of drug-likeness (QED) is 0.864. The number of nitrogens with zero attached hydrogens (tertiary/aromatic N) is 2. The number of rotatable bonds is 3. The van der Waals surface area contributed by atoms with Crippen LogP contribution in [0.25, 0.3) is 0 Å². The lowest BCUT2D eigenvalue weighted by atomic mass is 10.0. The van der Waals surface area contributed by atoms with Crippen LogP contribution in [0.2, 0.25) is 0 Å². The number of carbonyl (C=O) groups excluding carboxylic acids is 1. The molecule has 0 bridgehead atoms. The molecule has 5 nitrogen and oxygen atoms in total. The SMILES string of the molecule is Cc1nn(C)c(C)c1CNC(=O)C(C)(N)C(F)(F)F. The highest BCUT2D eigenvalue weighted by atomic mass is 19.4. The molecule has 0 saturated heterocycles. The van der Waals surface area contributed by atoms with Crippen LogP contribution in [0.15, 0.2) is 0 Å². The van der Waals surface area contributed by atoms with Crippen molar-refractivity contribution in [3.8, 4) is 0 Å². The van der Waals surface area contributed by atoms with Crippen LogP contribution in [-0.4, -0.2) is 27.4 Å². The van der Waals surface area contributed by atoms with Crippen molar-refractivity contribution in [1.82, 2.24) is 15.1 Å². The molecule has 1 rings (SSSR count). The van der Waals surface area contributed by atoms with E-state index < -0.39 is 17.6 Å². The van der Waals surface area contributed by atoms with Crippen molar-refractivity contribution in [3.05, 3.63) is 17.0 Å². The predicted octanol–water partition coefficient (Wildman–Crippen LogP) is 0.933. The summed E-state index contributed by atoms with van der Waals surface area (Å²) in [7, 11) is 1.72. The lowest BCUT2D eigenvalue weighted by molar-refractivity contribution is -0.187. The number of hydrogen-bond donors (Lipinski definition) is 2. The second-order valence-electron chi connectivity index (χ2n) is 4.66. The fraction of sp³-hybridized carbons (Fsp3) is 0.636. The van der Waals surface area contributed by atoms with Gasteiger partial charge in [-0.2, -0.15) is 18.3 Å². The van der Waals surface area contributed by atoms with E-state index >= 15 is 0 Å². The standard InChI is InChI=1S/C11H17F3N4O/c1-6-8(7(2)18(4)17-6)5-16-9(19)10(3,15)11(12,13)14/h5,15H2,1-4H3,(H,16,19). The minimum Gasteiger partial charge on any atom is -0.350 e. The number of carbonyl (C=O) groups is 1. The van der Waals surface area contributed by atoms with Gasteiger partial charge in [-0.3, -0.25) is 9.48 Å². The molecule has 8 heteroatoms.